The predicted octanol–water partition coefficient (Wildman–Crippen LogP) is 3.18. The molecule has 0 bridgehead atoms. The number of rotatable bonds is 5. The van der Waals surface area contributed by atoms with E-state index in [4.69, 9.17) is 0 Å². The number of hydrazine groups is 1. The zero-order chi connectivity index (χ0) is 20.3. The number of fused-ring (bicyclic) bond motifs is 1. The largest absolute Gasteiger partial charge is 0.272 e. The molecule has 0 radical (unpaired) electrons. The molecule has 0 aliphatic carbocycles. The van der Waals surface area contributed by atoms with E-state index < -0.39 is 5.91 Å². The van der Waals surface area contributed by atoms with Crippen LogP contribution in [-0.2, 0) is 4.79 Å². The van der Waals surface area contributed by atoms with Crippen molar-refractivity contribution >= 4 is 34.6 Å². The summed E-state index contributed by atoms with van der Waals surface area (Å²) in [7, 11) is 0. The Morgan fingerprint density at radius 2 is 1.86 bits per heavy atom. The molecule has 0 atom stereocenters. The molecule has 2 heterocycles. The van der Waals surface area contributed by atoms with Gasteiger partial charge in [-0.15, -0.1) is 11.8 Å². The van der Waals surface area contributed by atoms with Crippen LogP contribution in [0.3, 0.4) is 0 Å². The third-order valence-corrected chi connectivity index (χ3v) is 5.21. The van der Waals surface area contributed by atoms with Gasteiger partial charge in [0.2, 0.25) is 5.91 Å². The van der Waals surface area contributed by atoms with Gasteiger partial charge < -0.3 is 0 Å². The second kappa shape index (κ2) is 8.43. The van der Waals surface area contributed by atoms with Crippen LogP contribution in [0.5, 0.6) is 0 Å². The molecule has 3 aromatic rings. The zero-order valence-corrected chi connectivity index (χ0v) is 17.1. The number of aromatic nitrogens is 3. The number of hydrogen-bond donors (Lipinski definition) is 2. The first kappa shape index (κ1) is 19.9. The van der Waals surface area contributed by atoms with E-state index in [1.54, 1.807) is 19.2 Å². The van der Waals surface area contributed by atoms with Gasteiger partial charge in [-0.25, -0.2) is 9.67 Å². The fourth-order valence-corrected chi connectivity index (χ4v) is 3.39. The molecular formula is C20H23N5O2S. The standard InChI is InChI=1S/C20H23N5O2S/c1-12(2)25-19-15(10-21-25)9-17(14(4)22-19)20(27)24-23-18(26)11-28-16-7-5-13(3)6-8-16/h5-10,12H,11H2,1-4H3,(H,23,26)(H,24,27). The van der Waals surface area contributed by atoms with Crippen molar-refractivity contribution in [3.63, 3.8) is 0 Å². The first-order valence-corrected chi connectivity index (χ1v) is 9.97. The van der Waals surface area contributed by atoms with Crippen LogP contribution in [0.2, 0.25) is 0 Å². The molecule has 0 aliphatic rings. The topological polar surface area (TPSA) is 88.9 Å². The van der Waals surface area contributed by atoms with Crippen molar-refractivity contribution in [3.05, 3.63) is 53.3 Å². The Hall–Kier alpha value is -2.87. The lowest BCUT2D eigenvalue weighted by Crippen LogP contribution is -2.42. The number of pyridine rings is 1. The maximum atomic E-state index is 12.5. The number of nitrogens with zero attached hydrogens (tertiary/aromatic N) is 3. The molecule has 3 rings (SSSR count). The highest BCUT2D eigenvalue weighted by Gasteiger charge is 2.16. The Kier molecular flexibility index (Phi) is 5.99. The number of carbonyl (C=O) groups excluding carboxylic acids is 2. The van der Waals surface area contributed by atoms with Gasteiger partial charge in [0.05, 0.1) is 23.2 Å². The van der Waals surface area contributed by atoms with Gasteiger partial charge in [0.1, 0.15) is 0 Å². The molecule has 2 amide bonds. The van der Waals surface area contributed by atoms with Crippen molar-refractivity contribution in [1.82, 2.24) is 25.6 Å². The van der Waals surface area contributed by atoms with Crippen LogP contribution < -0.4 is 10.9 Å². The summed E-state index contributed by atoms with van der Waals surface area (Å²) in [6, 6.07) is 9.84. The summed E-state index contributed by atoms with van der Waals surface area (Å²) >= 11 is 1.41. The zero-order valence-electron chi connectivity index (χ0n) is 16.3. The molecule has 2 N–H and O–H groups in total. The lowest BCUT2D eigenvalue weighted by molar-refractivity contribution is -0.119. The highest BCUT2D eigenvalue weighted by atomic mass is 32.2. The highest BCUT2D eigenvalue weighted by Crippen LogP contribution is 2.19. The summed E-state index contributed by atoms with van der Waals surface area (Å²) < 4.78 is 1.81. The summed E-state index contributed by atoms with van der Waals surface area (Å²) in [5, 5.41) is 5.10. The maximum absolute atomic E-state index is 12.5. The molecule has 0 unspecified atom stereocenters. The molecule has 28 heavy (non-hydrogen) atoms. The van der Waals surface area contributed by atoms with Gasteiger partial charge in [-0.2, -0.15) is 5.10 Å². The summed E-state index contributed by atoms with van der Waals surface area (Å²) in [4.78, 5) is 30.0. The smallest absolute Gasteiger partial charge is 0.271 e. The Labute approximate surface area is 167 Å². The number of aryl methyl sites for hydroxylation is 2. The van der Waals surface area contributed by atoms with Crippen molar-refractivity contribution in [1.29, 1.82) is 0 Å². The third-order valence-electron chi connectivity index (χ3n) is 4.20. The van der Waals surface area contributed by atoms with Gasteiger partial charge >= 0.3 is 0 Å². The van der Waals surface area contributed by atoms with Crippen LogP contribution in [0.15, 0.2) is 41.4 Å². The molecule has 146 valence electrons. The molecule has 0 saturated heterocycles. The molecular weight excluding hydrogens is 374 g/mol. The van der Waals surface area contributed by atoms with Crippen LogP contribution in [-0.4, -0.2) is 32.3 Å². The van der Waals surface area contributed by atoms with Crippen LogP contribution in [0.25, 0.3) is 11.0 Å². The summed E-state index contributed by atoms with van der Waals surface area (Å²) in [5.41, 5.74) is 7.80. The van der Waals surface area contributed by atoms with E-state index in [9.17, 15) is 9.59 Å². The molecule has 0 spiro atoms. The Bertz CT molecular complexity index is 1010. The normalized spacial score (nSPS) is 11.0. The van der Waals surface area contributed by atoms with Gasteiger partial charge in [-0.05, 0) is 45.9 Å². The quantitative estimate of drug-likeness (QED) is 0.510. The molecule has 0 fully saturated rings. The molecule has 2 aromatic heterocycles. The van der Waals surface area contributed by atoms with Crippen molar-refractivity contribution in [3.8, 4) is 0 Å². The third kappa shape index (κ3) is 4.51. The van der Waals surface area contributed by atoms with E-state index in [1.807, 2.05) is 49.7 Å². The summed E-state index contributed by atoms with van der Waals surface area (Å²) in [6.45, 7) is 7.82. The Balaban J connectivity index is 1.60. The fourth-order valence-electron chi connectivity index (χ4n) is 2.69. The lowest BCUT2D eigenvalue weighted by atomic mass is 10.1. The second-order valence-corrected chi connectivity index (χ2v) is 7.87. The van der Waals surface area contributed by atoms with Crippen LogP contribution in [0, 0.1) is 13.8 Å². The second-order valence-electron chi connectivity index (χ2n) is 6.82. The number of amides is 2. The molecule has 1 aromatic carbocycles. The van der Waals surface area contributed by atoms with Gasteiger partial charge in [0.25, 0.3) is 5.91 Å². The van der Waals surface area contributed by atoms with E-state index in [1.165, 1.54) is 17.3 Å². The van der Waals surface area contributed by atoms with Crippen molar-refractivity contribution in [2.45, 2.75) is 38.6 Å². The van der Waals surface area contributed by atoms with Gasteiger partial charge in [0.15, 0.2) is 5.65 Å². The Morgan fingerprint density at radius 3 is 2.54 bits per heavy atom. The van der Waals surface area contributed by atoms with E-state index >= 15 is 0 Å². The SMILES string of the molecule is Cc1ccc(SCC(=O)NNC(=O)c2cc3cnn(C(C)C)c3nc2C)cc1. The maximum Gasteiger partial charge on any atom is 0.271 e. The van der Waals surface area contributed by atoms with Crippen LogP contribution >= 0.6 is 11.8 Å². The van der Waals surface area contributed by atoms with Gasteiger partial charge in [-0.1, -0.05) is 17.7 Å². The number of nitrogens with one attached hydrogen (secondary N) is 2. The number of hydrogen-bond acceptors (Lipinski definition) is 5. The molecule has 8 heteroatoms. The van der Waals surface area contributed by atoms with Gasteiger partial charge in [0, 0.05) is 16.3 Å². The van der Waals surface area contributed by atoms with Gasteiger partial charge in [-0.3, -0.25) is 20.4 Å². The van der Waals surface area contributed by atoms with Crippen molar-refractivity contribution in [2.24, 2.45) is 0 Å². The number of benzene rings is 1. The van der Waals surface area contributed by atoms with E-state index in [-0.39, 0.29) is 17.7 Å². The Morgan fingerprint density at radius 1 is 1.14 bits per heavy atom. The first-order valence-electron chi connectivity index (χ1n) is 8.98. The average molecular weight is 398 g/mol. The number of carbonyl (C=O) groups is 2. The minimum absolute atomic E-state index is 0.175. The van der Waals surface area contributed by atoms with E-state index in [0.717, 1.165) is 15.9 Å². The molecule has 7 nitrogen and oxygen atoms in total. The number of thioether (sulfide) groups is 1. The summed E-state index contributed by atoms with van der Waals surface area (Å²) in [5.74, 6) is -0.475. The van der Waals surface area contributed by atoms with Crippen molar-refractivity contribution in [2.75, 3.05) is 5.75 Å². The monoisotopic (exact) mass is 397 g/mol. The van der Waals surface area contributed by atoms with Crippen molar-refractivity contribution < 1.29 is 9.59 Å². The van der Waals surface area contributed by atoms with Crippen LogP contribution in [0.4, 0.5) is 0 Å². The first-order chi connectivity index (χ1) is 13.3. The minimum atomic E-state index is -0.405. The summed E-state index contributed by atoms with van der Waals surface area (Å²) in [6.07, 6.45) is 1.69. The highest BCUT2D eigenvalue weighted by molar-refractivity contribution is 8.00. The van der Waals surface area contributed by atoms with E-state index in [0.29, 0.717) is 11.3 Å². The lowest BCUT2D eigenvalue weighted by Gasteiger charge is -2.10. The molecule has 0 saturated carbocycles. The fraction of sp³-hybridized carbons (Fsp3) is 0.300. The van der Waals surface area contributed by atoms with Crippen LogP contribution in [0.1, 0.15) is 41.5 Å². The van der Waals surface area contributed by atoms with E-state index in [2.05, 4.69) is 20.9 Å². The molecule has 0 aliphatic heterocycles. The minimum Gasteiger partial charge on any atom is -0.272 e. The predicted molar refractivity (Wildman–Crippen MR) is 110 cm³/mol. The average Bonchev–Trinajstić information content (AvgIpc) is 3.08.